The second kappa shape index (κ2) is 7.65. The van der Waals surface area contributed by atoms with Gasteiger partial charge in [0, 0.05) is 37.1 Å². The fourth-order valence-electron chi connectivity index (χ4n) is 4.01. The van der Waals surface area contributed by atoms with Crippen molar-refractivity contribution in [1.82, 2.24) is 9.47 Å². The molecule has 0 radical (unpaired) electrons. The maximum absolute atomic E-state index is 14.3. The van der Waals surface area contributed by atoms with Gasteiger partial charge in [0.2, 0.25) is 0 Å². The van der Waals surface area contributed by atoms with E-state index in [1.54, 1.807) is 0 Å². The van der Waals surface area contributed by atoms with Crippen LogP contribution in [-0.2, 0) is 19.5 Å². The summed E-state index contributed by atoms with van der Waals surface area (Å²) < 4.78 is 30.9. The van der Waals surface area contributed by atoms with Gasteiger partial charge in [0.15, 0.2) is 0 Å². The molecule has 0 aliphatic carbocycles. The molecule has 4 heteroatoms. The fraction of sp³-hybridized carbons (Fsp3) is 0.304. The minimum Gasteiger partial charge on any atom is -0.350 e. The third-order valence-corrected chi connectivity index (χ3v) is 5.48. The first-order valence-corrected chi connectivity index (χ1v) is 9.58. The van der Waals surface area contributed by atoms with Crippen LogP contribution in [0.2, 0.25) is 0 Å². The van der Waals surface area contributed by atoms with E-state index in [0.717, 1.165) is 31.5 Å². The summed E-state index contributed by atoms with van der Waals surface area (Å²) in [5.74, 6) is -0.954. The van der Waals surface area contributed by atoms with Crippen molar-refractivity contribution < 1.29 is 8.78 Å². The van der Waals surface area contributed by atoms with Gasteiger partial charge >= 0.3 is 0 Å². The van der Waals surface area contributed by atoms with Gasteiger partial charge in [-0.1, -0.05) is 37.3 Å². The maximum atomic E-state index is 14.3. The van der Waals surface area contributed by atoms with E-state index in [2.05, 4.69) is 59.0 Å². The Morgan fingerprint density at radius 3 is 2.37 bits per heavy atom. The minimum absolute atomic E-state index is 0.0209. The molecule has 0 spiro atoms. The van der Waals surface area contributed by atoms with Gasteiger partial charge in [0.05, 0.1) is 6.04 Å². The Bertz CT molecular complexity index is 894. The van der Waals surface area contributed by atoms with Crippen LogP contribution in [0.4, 0.5) is 8.78 Å². The SMILES string of the molecule is CCc1ccc([C@@H]2c3cccn3CCCN2Cc2c(F)cccc2F)cc1. The van der Waals surface area contributed by atoms with Gasteiger partial charge in [-0.15, -0.1) is 0 Å². The summed E-state index contributed by atoms with van der Waals surface area (Å²) in [6, 6.07) is 16.8. The molecule has 2 nitrogen and oxygen atoms in total. The van der Waals surface area contributed by atoms with Crippen LogP contribution in [-0.4, -0.2) is 16.0 Å². The summed E-state index contributed by atoms with van der Waals surface area (Å²) in [4.78, 5) is 2.20. The highest BCUT2D eigenvalue weighted by Crippen LogP contribution is 2.33. The molecule has 1 atom stereocenters. The fourth-order valence-corrected chi connectivity index (χ4v) is 4.01. The number of halogens is 2. The van der Waals surface area contributed by atoms with Crippen molar-refractivity contribution in [2.45, 2.75) is 38.9 Å². The molecule has 0 unspecified atom stereocenters. The predicted molar refractivity (Wildman–Crippen MR) is 103 cm³/mol. The summed E-state index contributed by atoms with van der Waals surface area (Å²) in [7, 11) is 0. The van der Waals surface area contributed by atoms with Gasteiger partial charge < -0.3 is 4.57 Å². The summed E-state index contributed by atoms with van der Waals surface area (Å²) in [5.41, 5.74) is 3.77. The lowest BCUT2D eigenvalue weighted by Crippen LogP contribution is -2.30. The Balaban J connectivity index is 1.76. The van der Waals surface area contributed by atoms with E-state index in [-0.39, 0.29) is 18.2 Å². The lowest BCUT2D eigenvalue weighted by Gasteiger charge is -2.31. The molecule has 0 fully saturated rings. The number of rotatable bonds is 4. The molecule has 27 heavy (non-hydrogen) atoms. The largest absolute Gasteiger partial charge is 0.350 e. The van der Waals surface area contributed by atoms with Crippen molar-refractivity contribution in [2.24, 2.45) is 0 Å². The summed E-state index contributed by atoms with van der Waals surface area (Å²) in [6.07, 6.45) is 4.03. The van der Waals surface area contributed by atoms with Gasteiger partial charge in [-0.3, -0.25) is 4.90 Å². The second-order valence-electron chi connectivity index (χ2n) is 7.15. The summed E-state index contributed by atoms with van der Waals surface area (Å²) in [6.45, 7) is 4.10. The van der Waals surface area contributed by atoms with E-state index in [9.17, 15) is 8.78 Å². The van der Waals surface area contributed by atoms with E-state index in [1.165, 1.54) is 29.5 Å². The number of fused-ring (bicyclic) bond motifs is 1. The molecule has 140 valence electrons. The number of hydrogen-bond acceptors (Lipinski definition) is 1. The van der Waals surface area contributed by atoms with Gasteiger partial charge in [-0.2, -0.15) is 0 Å². The molecule has 0 amide bonds. The highest BCUT2D eigenvalue weighted by molar-refractivity contribution is 5.33. The molecule has 0 saturated carbocycles. The predicted octanol–water partition coefficient (Wildman–Crippen LogP) is 5.32. The van der Waals surface area contributed by atoms with E-state index in [4.69, 9.17) is 0 Å². The van der Waals surface area contributed by atoms with Crippen LogP contribution in [0.1, 0.15) is 41.8 Å². The molecule has 1 aliphatic heterocycles. The van der Waals surface area contributed by atoms with Crippen molar-refractivity contribution in [1.29, 1.82) is 0 Å². The van der Waals surface area contributed by atoms with Crippen LogP contribution in [0, 0.1) is 11.6 Å². The molecule has 1 aromatic heterocycles. The van der Waals surface area contributed by atoms with Gasteiger partial charge in [-0.05, 0) is 48.2 Å². The van der Waals surface area contributed by atoms with Crippen molar-refractivity contribution in [3.05, 3.63) is 94.8 Å². The molecule has 0 N–H and O–H groups in total. The molecule has 0 bridgehead atoms. The lowest BCUT2D eigenvalue weighted by molar-refractivity contribution is 0.214. The molecule has 1 aliphatic rings. The Kier molecular flexibility index (Phi) is 5.08. The maximum Gasteiger partial charge on any atom is 0.130 e. The van der Waals surface area contributed by atoms with Crippen LogP contribution in [0.5, 0.6) is 0 Å². The first kappa shape index (κ1) is 17.9. The summed E-state index contributed by atoms with van der Waals surface area (Å²) >= 11 is 0. The van der Waals surface area contributed by atoms with Gasteiger partial charge in [-0.25, -0.2) is 8.78 Å². The van der Waals surface area contributed by atoms with E-state index in [0.29, 0.717) is 0 Å². The minimum atomic E-state index is -0.477. The number of benzene rings is 2. The first-order valence-electron chi connectivity index (χ1n) is 9.58. The first-order chi connectivity index (χ1) is 13.2. The Labute approximate surface area is 159 Å². The second-order valence-corrected chi connectivity index (χ2v) is 7.15. The molecule has 3 aromatic rings. The normalized spacial score (nSPS) is 17.5. The Hall–Kier alpha value is -2.46. The zero-order chi connectivity index (χ0) is 18.8. The number of aromatic nitrogens is 1. The third kappa shape index (κ3) is 3.54. The average molecular weight is 366 g/mol. The molecule has 2 aromatic carbocycles. The molecular weight excluding hydrogens is 342 g/mol. The highest BCUT2D eigenvalue weighted by atomic mass is 19.1. The van der Waals surface area contributed by atoms with Crippen molar-refractivity contribution >= 4 is 0 Å². The molecular formula is C23H24F2N2. The summed E-state index contributed by atoms with van der Waals surface area (Å²) in [5, 5.41) is 0. The molecule has 4 rings (SSSR count). The third-order valence-electron chi connectivity index (χ3n) is 5.48. The Morgan fingerprint density at radius 1 is 0.926 bits per heavy atom. The highest BCUT2D eigenvalue weighted by Gasteiger charge is 2.28. The quantitative estimate of drug-likeness (QED) is 0.606. The molecule has 2 heterocycles. The van der Waals surface area contributed by atoms with Crippen LogP contribution < -0.4 is 0 Å². The monoisotopic (exact) mass is 366 g/mol. The van der Waals surface area contributed by atoms with Crippen LogP contribution in [0.3, 0.4) is 0 Å². The molecule has 0 saturated heterocycles. The standard InChI is InChI=1S/C23H24F2N2/c1-2-17-9-11-18(12-10-17)23-22-8-4-13-26(22)14-5-15-27(23)16-19-20(24)6-3-7-21(19)25/h3-4,6-13,23H,2,5,14-16H2,1H3/t23-/m1/s1. The smallest absolute Gasteiger partial charge is 0.130 e. The number of nitrogens with zero attached hydrogens (tertiary/aromatic N) is 2. The number of aryl methyl sites for hydroxylation is 2. The lowest BCUT2D eigenvalue weighted by atomic mass is 9.99. The zero-order valence-corrected chi connectivity index (χ0v) is 15.5. The topological polar surface area (TPSA) is 8.17 Å². The Morgan fingerprint density at radius 2 is 1.67 bits per heavy atom. The van der Waals surface area contributed by atoms with Crippen molar-refractivity contribution in [2.75, 3.05) is 6.54 Å². The van der Waals surface area contributed by atoms with E-state index >= 15 is 0 Å². The van der Waals surface area contributed by atoms with E-state index in [1.807, 2.05) is 0 Å². The van der Waals surface area contributed by atoms with Crippen molar-refractivity contribution in [3.63, 3.8) is 0 Å². The van der Waals surface area contributed by atoms with Gasteiger partial charge in [0.1, 0.15) is 11.6 Å². The van der Waals surface area contributed by atoms with Crippen LogP contribution in [0.25, 0.3) is 0 Å². The average Bonchev–Trinajstić information content (AvgIpc) is 3.06. The van der Waals surface area contributed by atoms with Crippen molar-refractivity contribution in [3.8, 4) is 0 Å². The van der Waals surface area contributed by atoms with Crippen LogP contribution in [0.15, 0.2) is 60.8 Å². The van der Waals surface area contributed by atoms with E-state index < -0.39 is 11.6 Å². The van der Waals surface area contributed by atoms with Crippen LogP contribution >= 0.6 is 0 Å². The number of hydrogen-bond donors (Lipinski definition) is 0. The van der Waals surface area contributed by atoms with Gasteiger partial charge in [0.25, 0.3) is 0 Å². The zero-order valence-electron chi connectivity index (χ0n) is 15.5.